The fraction of sp³-hybridized carbons (Fsp3) is 0.476. The molecule has 0 amide bonds. The highest BCUT2D eigenvalue weighted by atomic mass is 16.1. The molecule has 0 saturated heterocycles. The number of nitrogens with one attached hydrogen (secondary N) is 1. The van der Waals surface area contributed by atoms with Crippen LogP contribution in [0.1, 0.15) is 55.0 Å². The van der Waals surface area contributed by atoms with Crippen LogP contribution in [-0.4, -0.2) is 31.0 Å². The van der Waals surface area contributed by atoms with Crippen molar-refractivity contribution in [1.82, 2.24) is 24.4 Å². The van der Waals surface area contributed by atoms with Gasteiger partial charge < -0.3 is 9.55 Å². The number of aromatic nitrogens is 4. The van der Waals surface area contributed by atoms with E-state index >= 15 is 0 Å². The molecule has 27 heavy (non-hydrogen) atoms. The number of rotatable bonds is 5. The van der Waals surface area contributed by atoms with E-state index in [0.717, 1.165) is 73.7 Å². The van der Waals surface area contributed by atoms with E-state index in [1.807, 2.05) is 6.07 Å². The Morgan fingerprint density at radius 1 is 1.22 bits per heavy atom. The molecule has 6 nitrogen and oxygen atoms in total. The van der Waals surface area contributed by atoms with Gasteiger partial charge in [0.2, 0.25) is 0 Å². The van der Waals surface area contributed by atoms with Crippen molar-refractivity contribution in [3.63, 3.8) is 0 Å². The number of hydrogen-bond donors (Lipinski definition) is 1. The van der Waals surface area contributed by atoms with Gasteiger partial charge in [0, 0.05) is 32.0 Å². The maximum Gasteiger partial charge on any atom is 0.255 e. The van der Waals surface area contributed by atoms with E-state index in [4.69, 9.17) is 9.97 Å². The standard InChI is InChI=1S/C21H25N5O/c1-2-10-26-18-6-4-3-5-17(18)22-19(26)13-25-11-9-16-15(12-25)21(27)24-20(23-16)14-7-8-14/h3-6,14H,2,7-13H2,1H3,(H,23,24,27). The number of benzene rings is 1. The second kappa shape index (κ2) is 6.60. The molecule has 1 N–H and O–H groups in total. The summed E-state index contributed by atoms with van der Waals surface area (Å²) in [6.45, 7) is 5.49. The number of aryl methyl sites for hydroxylation is 1. The summed E-state index contributed by atoms with van der Waals surface area (Å²) in [5.74, 6) is 2.47. The van der Waals surface area contributed by atoms with E-state index in [1.165, 1.54) is 5.52 Å². The highest BCUT2D eigenvalue weighted by Crippen LogP contribution is 2.37. The summed E-state index contributed by atoms with van der Waals surface area (Å²) in [5, 5.41) is 0. The molecule has 140 valence electrons. The van der Waals surface area contributed by atoms with E-state index in [1.54, 1.807) is 0 Å². The highest BCUT2D eigenvalue weighted by Gasteiger charge is 2.29. The van der Waals surface area contributed by atoms with E-state index in [0.29, 0.717) is 12.5 Å². The second-order valence-corrected chi connectivity index (χ2v) is 7.78. The Balaban J connectivity index is 1.42. The van der Waals surface area contributed by atoms with Gasteiger partial charge in [-0.25, -0.2) is 9.97 Å². The monoisotopic (exact) mass is 363 g/mol. The fourth-order valence-corrected chi connectivity index (χ4v) is 4.10. The van der Waals surface area contributed by atoms with Crippen molar-refractivity contribution in [3.05, 3.63) is 57.5 Å². The molecule has 3 aromatic rings. The van der Waals surface area contributed by atoms with Gasteiger partial charge in [0.05, 0.1) is 28.8 Å². The summed E-state index contributed by atoms with van der Waals surface area (Å²) in [5.41, 5.74) is 4.13. The number of nitrogens with zero attached hydrogens (tertiary/aromatic N) is 4. The molecule has 1 fully saturated rings. The molecule has 0 bridgehead atoms. The quantitative estimate of drug-likeness (QED) is 0.757. The van der Waals surface area contributed by atoms with Gasteiger partial charge in [-0.15, -0.1) is 0 Å². The Morgan fingerprint density at radius 3 is 2.89 bits per heavy atom. The molecular formula is C21H25N5O. The highest BCUT2D eigenvalue weighted by molar-refractivity contribution is 5.75. The molecule has 6 heteroatoms. The van der Waals surface area contributed by atoms with Crippen molar-refractivity contribution in [2.45, 2.75) is 58.2 Å². The SMILES string of the molecule is CCCn1c(CN2CCc3nc(C4CC4)[nH]c(=O)c3C2)nc2ccccc21. The topological polar surface area (TPSA) is 66.8 Å². The van der Waals surface area contributed by atoms with E-state index in [2.05, 4.69) is 39.6 Å². The molecule has 0 unspecified atom stereocenters. The van der Waals surface area contributed by atoms with E-state index in [9.17, 15) is 4.79 Å². The van der Waals surface area contributed by atoms with Crippen molar-refractivity contribution >= 4 is 11.0 Å². The normalized spacial score (nSPS) is 17.4. The molecule has 0 radical (unpaired) electrons. The number of imidazole rings is 1. The average Bonchev–Trinajstić information content (AvgIpc) is 3.47. The van der Waals surface area contributed by atoms with Crippen LogP contribution in [0.3, 0.4) is 0 Å². The minimum Gasteiger partial charge on any atom is -0.327 e. The van der Waals surface area contributed by atoms with Crippen LogP contribution in [0.2, 0.25) is 0 Å². The minimum absolute atomic E-state index is 0.0497. The van der Waals surface area contributed by atoms with Crippen LogP contribution < -0.4 is 5.56 Å². The van der Waals surface area contributed by atoms with Crippen molar-refractivity contribution in [3.8, 4) is 0 Å². The van der Waals surface area contributed by atoms with Crippen molar-refractivity contribution in [2.75, 3.05) is 6.54 Å². The zero-order chi connectivity index (χ0) is 18.4. The van der Waals surface area contributed by atoms with Crippen molar-refractivity contribution in [2.24, 2.45) is 0 Å². The molecular weight excluding hydrogens is 338 g/mol. The lowest BCUT2D eigenvalue weighted by molar-refractivity contribution is 0.232. The Hall–Kier alpha value is -2.47. The first-order valence-electron chi connectivity index (χ1n) is 10.0. The predicted octanol–water partition coefficient (Wildman–Crippen LogP) is 2.97. The summed E-state index contributed by atoms with van der Waals surface area (Å²) >= 11 is 0. The number of para-hydroxylation sites is 2. The Morgan fingerprint density at radius 2 is 2.07 bits per heavy atom. The van der Waals surface area contributed by atoms with Crippen LogP contribution in [-0.2, 0) is 26.1 Å². The lowest BCUT2D eigenvalue weighted by atomic mass is 10.1. The van der Waals surface area contributed by atoms with Crippen molar-refractivity contribution in [1.29, 1.82) is 0 Å². The largest absolute Gasteiger partial charge is 0.327 e. The number of H-pyrrole nitrogens is 1. The summed E-state index contributed by atoms with van der Waals surface area (Å²) in [6.07, 6.45) is 4.22. The number of fused-ring (bicyclic) bond motifs is 2. The summed E-state index contributed by atoms with van der Waals surface area (Å²) in [7, 11) is 0. The third kappa shape index (κ3) is 3.08. The maximum atomic E-state index is 12.6. The van der Waals surface area contributed by atoms with Crippen LogP contribution in [0.25, 0.3) is 11.0 Å². The van der Waals surface area contributed by atoms with Crippen LogP contribution in [0.15, 0.2) is 29.1 Å². The predicted molar refractivity (Wildman–Crippen MR) is 105 cm³/mol. The molecule has 1 aromatic carbocycles. The molecule has 0 atom stereocenters. The molecule has 1 aliphatic carbocycles. The Labute approximate surface area is 158 Å². The zero-order valence-corrected chi connectivity index (χ0v) is 15.7. The third-order valence-corrected chi connectivity index (χ3v) is 5.68. The smallest absolute Gasteiger partial charge is 0.255 e. The molecule has 5 rings (SSSR count). The van der Waals surface area contributed by atoms with Crippen LogP contribution >= 0.6 is 0 Å². The lowest BCUT2D eigenvalue weighted by Crippen LogP contribution is -2.36. The number of hydrogen-bond acceptors (Lipinski definition) is 4. The second-order valence-electron chi connectivity index (χ2n) is 7.78. The van der Waals surface area contributed by atoms with Gasteiger partial charge in [0.15, 0.2) is 0 Å². The van der Waals surface area contributed by atoms with Gasteiger partial charge in [-0.2, -0.15) is 0 Å². The Bertz CT molecular complexity index is 1050. The molecule has 1 saturated carbocycles. The lowest BCUT2D eigenvalue weighted by Gasteiger charge is -2.27. The Kier molecular flexibility index (Phi) is 4.08. The first-order chi connectivity index (χ1) is 13.2. The minimum atomic E-state index is 0.0497. The zero-order valence-electron chi connectivity index (χ0n) is 15.7. The molecule has 0 spiro atoms. The van der Waals surface area contributed by atoms with Gasteiger partial charge in [0.1, 0.15) is 11.6 Å². The summed E-state index contributed by atoms with van der Waals surface area (Å²) in [6, 6.07) is 8.32. The van der Waals surface area contributed by atoms with Crippen molar-refractivity contribution < 1.29 is 0 Å². The van der Waals surface area contributed by atoms with E-state index in [-0.39, 0.29) is 5.56 Å². The first-order valence-corrected chi connectivity index (χ1v) is 10.0. The molecule has 3 heterocycles. The van der Waals surface area contributed by atoms with Gasteiger partial charge >= 0.3 is 0 Å². The summed E-state index contributed by atoms with van der Waals surface area (Å²) in [4.78, 5) is 27.6. The van der Waals surface area contributed by atoms with Gasteiger partial charge in [0.25, 0.3) is 5.56 Å². The van der Waals surface area contributed by atoms with Crippen LogP contribution in [0, 0.1) is 0 Å². The fourth-order valence-electron chi connectivity index (χ4n) is 4.10. The number of aromatic amines is 1. The first kappa shape index (κ1) is 16.7. The van der Waals surface area contributed by atoms with Gasteiger partial charge in [-0.3, -0.25) is 9.69 Å². The van der Waals surface area contributed by atoms with Crippen LogP contribution in [0.5, 0.6) is 0 Å². The van der Waals surface area contributed by atoms with Crippen LogP contribution in [0.4, 0.5) is 0 Å². The summed E-state index contributed by atoms with van der Waals surface area (Å²) < 4.78 is 2.32. The third-order valence-electron chi connectivity index (χ3n) is 5.68. The maximum absolute atomic E-state index is 12.6. The molecule has 2 aliphatic rings. The van der Waals surface area contributed by atoms with Gasteiger partial charge in [-0.1, -0.05) is 19.1 Å². The molecule has 2 aromatic heterocycles. The van der Waals surface area contributed by atoms with E-state index < -0.39 is 0 Å². The average molecular weight is 363 g/mol. The van der Waals surface area contributed by atoms with Gasteiger partial charge in [-0.05, 0) is 31.4 Å². The molecule has 1 aliphatic heterocycles.